The van der Waals surface area contributed by atoms with E-state index < -0.39 is 0 Å². The van der Waals surface area contributed by atoms with Crippen LogP contribution in [0, 0.1) is 0 Å². The van der Waals surface area contributed by atoms with E-state index in [4.69, 9.17) is 21.1 Å². The summed E-state index contributed by atoms with van der Waals surface area (Å²) in [4.78, 5) is 2.39. The predicted molar refractivity (Wildman–Crippen MR) is 86.0 cm³/mol. The number of ether oxygens (including phenoxy) is 2. The molecule has 0 atom stereocenters. The van der Waals surface area contributed by atoms with Gasteiger partial charge in [0.15, 0.2) is 0 Å². The van der Waals surface area contributed by atoms with Crippen LogP contribution >= 0.6 is 11.6 Å². The molecule has 1 aromatic rings. The Morgan fingerprint density at radius 1 is 1.14 bits per heavy atom. The maximum Gasteiger partial charge on any atom is 0.145 e. The molecule has 21 heavy (non-hydrogen) atoms. The van der Waals surface area contributed by atoms with Crippen LogP contribution in [0.4, 0.5) is 5.69 Å². The summed E-state index contributed by atoms with van der Waals surface area (Å²) < 4.78 is 10.8. The van der Waals surface area contributed by atoms with Crippen LogP contribution in [-0.4, -0.2) is 39.4 Å². The molecule has 2 aliphatic rings. The minimum atomic E-state index is 0.273. The van der Waals surface area contributed by atoms with Crippen molar-refractivity contribution >= 4 is 17.3 Å². The number of rotatable bonds is 3. The van der Waals surface area contributed by atoms with Crippen LogP contribution in [0.3, 0.4) is 0 Å². The molecule has 1 aliphatic carbocycles. The Hall–Kier alpha value is -1.13. The normalized spacial score (nSPS) is 20.8. The molecule has 5 heteroatoms. The molecular weight excluding hydrogens is 288 g/mol. The first-order valence-corrected chi connectivity index (χ1v) is 7.97. The molecule has 0 radical (unpaired) electrons. The van der Waals surface area contributed by atoms with Crippen molar-refractivity contribution in [2.45, 2.75) is 31.2 Å². The number of methoxy groups -OCH3 is 2. The Bertz CT molecular complexity index is 515. The molecule has 1 aliphatic heterocycles. The van der Waals surface area contributed by atoms with Gasteiger partial charge in [-0.15, -0.1) is 0 Å². The van der Waals surface area contributed by atoms with Gasteiger partial charge in [0.2, 0.25) is 0 Å². The van der Waals surface area contributed by atoms with E-state index in [1.807, 2.05) is 12.1 Å². The Morgan fingerprint density at radius 3 is 2.52 bits per heavy atom. The van der Waals surface area contributed by atoms with E-state index in [1.165, 1.54) is 25.7 Å². The van der Waals surface area contributed by atoms with Gasteiger partial charge in [-0.1, -0.05) is 24.4 Å². The molecule has 116 valence electrons. The first-order chi connectivity index (χ1) is 10.2. The van der Waals surface area contributed by atoms with E-state index in [0.717, 1.165) is 31.1 Å². The van der Waals surface area contributed by atoms with Crippen molar-refractivity contribution in [2.24, 2.45) is 0 Å². The monoisotopic (exact) mass is 310 g/mol. The lowest BCUT2D eigenvalue weighted by molar-refractivity contribution is 0.302. The summed E-state index contributed by atoms with van der Waals surface area (Å²) in [6, 6.07) is 3.84. The number of hydrogen-bond donors (Lipinski definition) is 1. The zero-order valence-electron chi connectivity index (χ0n) is 12.7. The fourth-order valence-electron chi connectivity index (χ4n) is 3.64. The summed E-state index contributed by atoms with van der Waals surface area (Å²) in [5, 5.41) is 4.36. The topological polar surface area (TPSA) is 33.7 Å². The maximum atomic E-state index is 6.31. The molecule has 1 aromatic carbocycles. The molecule has 1 spiro atoms. The molecule has 3 rings (SSSR count). The summed E-state index contributed by atoms with van der Waals surface area (Å²) in [6.45, 7) is 3.00. The van der Waals surface area contributed by atoms with E-state index in [0.29, 0.717) is 10.8 Å². The first kappa shape index (κ1) is 14.8. The van der Waals surface area contributed by atoms with Crippen LogP contribution in [0.1, 0.15) is 25.7 Å². The van der Waals surface area contributed by atoms with Gasteiger partial charge in [-0.05, 0) is 18.9 Å². The lowest BCUT2D eigenvalue weighted by Gasteiger charge is -2.43. The second-order valence-electron chi connectivity index (χ2n) is 5.99. The number of nitrogens with zero attached hydrogens (tertiary/aromatic N) is 1. The van der Waals surface area contributed by atoms with Crippen LogP contribution < -0.4 is 19.7 Å². The number of piperazine rings is 1. The quantitative estimate of drug-likeness (QED) is 0.930. The molecule has 2 fully saturated rings. The highest BCUT2D eigenvalue weighted by molar-refractivity contribution is 6.32. The van der Waals surface area contributed by atoms with E-state index in [2.05, 4.69) is 10.2 Å². The molecule has 0 amide bonds. The fraction of sp³-hybridized carbons (Fsp3) is 0.625. The summed E-state index contributed by atoms with van der Waals surface area (Å²) in [7, 11) is 3.32. The molecule has 1 heterocycles. The van der Waals surface area contributed by atoms with Crippen molar-refractivity contribution in [3.8, 4) is 11.5 Å². The van der Waals surface area contributed by atoms with Crippen LogP contribution in [0.25, 0.3) is 0 Å². The lowest BCUT2D eigenvalue weighted by Crippen LogP contribution is -2.59. The van der Waals surface area contributed by atoms with Crippen molar-refractivity contribution in [1.29, 1.82) is 0 Å². The molecule has 4 nitrogen and oxygen atoms in total. The summed E-state index contributed by atoms with van der Waals surface area (Å²) in [5.74, 6) is 1.48. The van der Waals surface area contributed by atoms with Gasteiger partial charge >= 0.3 is 0 Å². The van der Waals surface area contributed by atoms with Crippen molar-refractivity contribution in [2.75, 3.05) is 38.8 Å². The highest BCUT2D eigenvalue weighted by Crippen LogP contribution is 2.40. The molecular formula is C16H23ClN2O2. The van der Waals surface area contributed by atoms with Crippen molar-refractivity contribution in [3.63, 3.8) is 0 Å². The van der Waals surface area contributed by atoms with Crippen LogP contribution in [0.2, 0.25) is 5.02 Å². The third kappa shape index (κ3) is 2.79. The fourth-order valence-corrected chi connectivity index (χ4v) is 3.87. The predicted octanol–water partition coefficient (Wildman–Crippen LogP) is 3.08. The van der Waals surface area contributed by atoms with Crippen molar-refractivity contribution in [1.82, 2.24) is 5.32 Å². The summed E-state index contributed by atoms with van der Waals surface area (Å²) in [6.07, 6.45) is 5.16. The Kier molecular flexibility index (Phi) is 4.18. The molecule has 0 aromatic heterocycles. The summed E-state index contributed by atoms with van der Waals surface area (Å²) in [5.41, 5.74) is 1.34. The minimum absolute atomic E-state index is 0.273. The highest BCUT2D eigenvalue weighted by atomic mass is 35.5. The second-order valence-corrected chi connectivity index (χ2v) is 6.40. The van der Waals surface area contributed by atoms with Crippen molar-refractivity contribution < 1.29 is 9.47 Å². The zero-order valence-corrected chi connectivity index (χ0v) is 13.5. The van der Waals surface area contributed by atoms with Gasteiger partial charge in [-0.2, -0.15) is 0 Å². The van der Waals surface area contributed by atoms with Gasteiger partial charge in [0.05, 0.1) is 24.9 Å². The third-order valence-electron chi connectivity index (χ3n) is 4.73. The van der Waals surface area contributed by atoms with Crippen molar-refractivity contribution in [3.05, 3.63) is 17.2 Å². The second kappa shape index (κ2) is 5.93. The molecule has 0 unspecified atom stereocenters. The minimum Gasteiger partial charge on any atom is -0.495 e. The van der Waals surface area contributed by atoms with Gasteiger partial charge in [-0.25, -0.2) is 0 Å². The smallest absolute Gasteiger partial charge is 0.145 e. The molecule has 1 saturated carbocycles. The van der Waals surface area contributed by atoms with Gasteiger partial charge in [-0.3, -0.25) is 0 Å². The molecule has 1 N–H and O–H groups in total. The van der Waals surface area contributed by atoms with E-state index in [-0.39, 0.29) is 5.54 Å². The average molecular weight is 311 g/mol. The zero-order chi connectivity index (χ0) is 14.9. The summed E-state index contributed by atoms with van der Waals surface area (Å²) >= 11 is 6.31. The lowest BCUT2D eigenvalue weighted by atomic mass is 9.94. The molecule has 0 bridgehead atoms. The van der Waals surface area contributed by atoms with E-state index in [9.17, 15) is 0 Å². The third-order valence-corrected chi connectivity index (χ3v) is 5.03. The Labute approximate surface area is 131 Å². The van der Waals surface area contributed by atoms with Gasteiger partial charge in [0.25, 0.3) is 0 Å². The average Bonchev–Trinajstić information content (AvgIpc) is 2.94. The number of anilines is 1. The number of hydrogen-bond acceptors (Lipinski definition) is 4. The van der Waals surface area contributed by atoms with E-state index >= 15 is 0 Å². The number of halogens is 1. The standard InChI is InChI=1S/C16H23ClN2O2/c1-20-14-10-15(21-2)13(9-12(14)17)19-8-7-18-16(11-19)5-3-4-6-16/h9-10,18H,3-8,11H2,1-2H3. The maximum absolute atomic E-state index is 6.31. The SMILES string of the molecule is COc1cc(OC)c(N2CCNC3(CCCC3)C2)cc1Cl. The Morgan fingerprint density at radius 2 is 1.86 bits per heavy atom. The van der Waals surface area contributed by atoms with Gasteiger partial charge in [0, 0.05) is 31.2 Å². The van der Waals surface area contributed by atoms with Crippen LogP contribution in [0.15, 0.2) is 12.1 Å². The largest absolute Gasteiger partial charge is 0.495 e. The van der Waals surface area contributed by atoms with Crippen LogP contribution in [0.5, 0.6) is 11.5 Å². The van der Waals surface area contributed by atoms with E-state index in [1.54, 1.807) is 14.2 Å². The number of benzene rings is 1. The van der Waals surface area contributed by atoms with Gasteiger partial charge in [0.1, 0.15) is 11.5 Å². The first-order valence-electron chi connectivity index (χ1n) is 7.59. The Balaban J connectivity index is 1.90. The molecule has 1 saturated heterocycles. The number of nitrogens with one attached hydrogen (secondary N) is 1. The van der Waals surface area contributed by atoms with Gasteiger partial charge < -0.3 is 19.7 Å². The highest BCUT2D eigenvalue weighted by Gasteiger charge is 2.38. The van der Waals surface area contributed by atoms with Crippen LogP contribution in [-0.2, 0) is 0 Å².